The van der Waals surface area contributed by atoms with Crippen LogP contribution in [0.25, 0.3) is 0 Å². The van der Waals surface area contributed by atoms with Crippen LogP contribution in [0.3, 0.4) is 0 Å². The molecule has 1 aromatic heterocycles. The Labute approximate surface area is 71.5 Å². The van der Waals surface area contributed by atoms with Crippen molar-refractivity contribution < 1.29 is 0 Å². The van der Waals surface area contributed by atoms with Crippen LogP contribution in [-0.2, 0) is 6.54 Å². The molecule has 0 unspecified atom stereocenters. The van der Waals surface area contributed by atoms with Gasteiger partial charge in [0.05, 0.1) is 18.1 Å². The Hall–Kier alpha value is -1.45. The average molecular weight is 164 g/mol. The van der Waals surface area contributed by atoms with Crippen LogP contribution in [0.5, 0.6) is 0 Å². The van der Waals surface area contributed by atoms with Crippen molar-refractivity contribution >= 4 is 5.84 Å². The molecule has 2 N–H and O–H groups in total. The summed E-state index contributed by atoms with van der Waals surface area (Å²) in [5, 5.41) is 7.60. The molecule has 4 nitrogen and oxygen atoms in total. The fourth-order valence-corrected chi connectivity index (χ4v) is 0.712. The normalized spacial score (nSPS) is 11.6. The Morgan fingerprint density at radius 3 is 3.08 bits per heavy atom. The lowest BCUT2D eigenvalue weighted by atomic mass is 10.4. The van der Waals surface area contributed by atoms with E-state index >= 15 is 0 Å². The molecule has 0 aliphatic carbocycles. The summed E-state index contributed by atoms with van der Waals surface area (Å²) in [6, 6.07) is 3.71. The first-order valence-electron chi connectivity index (χ1n) is 3.88. The summed E-state index contributed by atoms with van der Waals surface area (Å²) < 4.78 is 0. The van der Waals surface area contributed by atoms with E-state index in [-0.39, 0.29) is 0 Å². The molecule has 0 aromatic carbocycles. The van der Waals surface area contributed by atoms with Gasteiger partial charge in [-0.15, -0.1) is 0 Å². The second kappa shape index (κ2) is 4.43. The summed E-state index contributed by atoms with van der Waals surface area (Å²) >= 11 is 0. The molecule has 0 radical (unpaired) electrons. The molecule has 0 aliphatic heterocycles. The zero-order chi connectivity index (χ0) is 8.81. The first-order chi connectivity index (χ1) is 5.83. The van der Waals surface area contributed by atoms with Crippen LogP contribution in [0.1, 0.15) is 19.0 Å². The number of aromatic nitrogens is 2. The molecular weight excluding hydrogens is 152 g/mol. The van der Waals surface area contributed by atoms with Gasteiger partial charge in [0, 0.05) is 12.6 Å². The van der Waals surface area contributed by atoms with Crippen molar-refractivity contribution in [3.05, 3.63) is 24.0 Å². The second-order valence-electron chi connectivity index (χ2n) is 2.38. The topological polar surface area (TPSA) is 64.2 Å². The molecule has 0 saturated carbocycles. The minimum absolute atomic E-state index is 0.521. The van der Waals surface area contributed by atoms with Crippen molar-refractivity contribution in [3.63, 3.8) is 0 Å². The predicted molar refractivity (Wildman–Crippen MR) is 47.6 cm³/mol. The molecule has 0 fully saturated rings. The SMILES string of the molecule is CCC(N)=NCc1cccnn1. The van der Waals surface area contributed by atoms with Gasteiger partial charge >= 0.3 is 0 Å². The minimum Gasteiger partial charge on any atom is -0.387 e. The van der Waals surface area contributed by atoms with Crippen molar-refractivity contribution in [1.29, 1.82) is 0 Å². The molecule has 0 spiro atoms. The Balaban J connectivity index is 2.54. The van der Waals surface area contributed by atoms with E-state index in [4.69, 9.17) is 5.73 Å². The number of hydrogen-bond donors (Lipinski definition) is 1. The smallest absolute Gasteiger partial charge is 0.0939 e. The van der Waals surface area contributed by atoms with Crippen molar-refractivity contribution in [2.75, 3.05) is 0 Å². The number of hydrogen-bond acceptors (Lipinski definition) is 3. The molecule has 0 bridgehead atoms. The number of aliphatic imine (C=N–C) groups is 1. The zero-order valence-corrected chi connectivity index (χ0v) is 7.07. The number of rotatable bonds is 3. The Morgan fingerprint density at radius 2 is 2.50 bits per heavy atom. The number of nitrogens with two attached hydrogens (primary N) is 1. The molecule has 12 heavy (non-hydrogen) atoms. The highest BCUT2D eigenvalue weighted by Gasteiger charge is 1.91. The van der Waals surface area contributed by atoms with Crippen molar-refractivity contribution in [2.24, 2.45) is 10.7 Å². The fourth-order valence-electron chi connectivity index (χ4n) is 0.712. The fraction of sp³-hybridized carbons (Fsp3) is 0.375. The summed E-state index contributed by atoms with van der Waals surface area (Å²) in [6.45, 7) is 2.49. The number of nitrogens with zero attached hydrogens (tertiary/aromatic N) is 3. The minimum atomic E-state index is 0.521. The standard InChI is InChI=1S/C8H12N4/c1-2-8(9)10-6-7-4-3-5-11-12-7/h3-5H,2,6H2,1H3,(H2,9,10). The van der Waals surface area contributed by atoms with Gasteiger partial charge in [-0.1, -0.05) is 6.92 Å². The Morgan fingerprint density at radius 1 is 1.67 bits per heavy atom. The third kappa shape index (κ3) is 2.65. The van der Waals surface area contributed by atoms with Crippen LogP contribution in [-0.4, -0.2) is 16.0 Å². The van der Waals surface area contributed by atoms with E-state index in [1.165, 1.54) is 0 Å². The summed E-state index contributed by atoms with van der Waals surface area (Å²) in [4.78, 5) is 4.10. The summed E-state index contributed by atoms with van der Waals surface area (Å²) in [5.41, 5.74) is 6.36. The van der Waals surface area contributed by atoms with Crippen LogP contribution >= 0.6 is 0 Å². The molecule has 1 heterocycles. The second-order valence-corrected chi connectivity index (χ2v) is 2.38. The van der Waals surface area contributed by atoms with Gasteiger partial charge in [-0.3, -0.25) is 4.99 Å². The van der Waals surface area contributed by atoms with Gasteiger partial charge in [0.15, 0.2) is 0 Å². The van der Waals surface area contributed by atoms with E-state index in [1.54, 1.807) is 6.20 Å². The average Bonchev–Trinajstić information content (AvgIpc) is 2.16. The van der Waals surface area contributed by atoms with Gasteiger partial charge in [-0.25, -0.2) is 0 Å². The van der Waals surface area contributed by atoms with Gasteiger partial charge in [-0.2, -0.15) is 10.2 Å². The molecule has 1 aromatic rings. The molecule has 1 rings (SSSR count). The van der Waals surface area contributed by atoms with Gasteiger partial charge in [0.1, 0.15) is 0 Å². The highest BCUT2D eigenvalue weighted by Crippen LogP contribution is 1.93. The Bertz CT molecular complexity index is 255. The molecule has 0 saturated heterocycles. The molecular formula is C8H12N4. The first kappa shape index (κ1) is 8.64. The molecule has 0 atom stereocenters. The summed E-state index contributed by atoms with van der Waals surface area (Å²) in [6.07, 6.45) is 2.41. The lowest BCUT2D eigenvalue weighted by Gasteiger charge is -1.95. The van der Waals surface area contributed by atoms with Gasteiger partial charge in [0.25, 0.3) is 0 Å². The monoisotopic (exact) mass is 164 g/mol. The van der Waals surface area contributed by atoms with Crippen molar-refractivity contribution in [1.82, 2.24) is 10.2 Å². The first-order valence-corrected chi connectivity index (χ1v) is 3.88. The van der Waals surface area contributed by atoms with Crippen molar-refractivity contribution in [3.8, 4) is 0 Å². The van der Waals surface area contributed by atoms with Crippen LogP contribution in [0.2, 0.25) is 0 Å². The van der Waals surface area contributed by atoms with E-state index in [9.17, 15) is 0 Å². The highest BCUT2D eigenvalue weighted by atomic mass is 15.1. The number of amidine groups is 1. The van der Waals surface area contributed by atoms with E-state index in [2.05, 4.69) is 15.2 Å². The maximum atomic E-state index is 5.52. The molecule has 0 aliphatic rings. The maximum absolute atomic E-state index is 5.52. The summed E-state index contributed by atoms with van der Waals surface area (Å²) in [5.74, 6) is 0.653. The van der Waals surface area contributed by atoms with Gasteiger partial charge in [0.2, 0.25) is 0 Å². The van der Waals surface area contributed by atoms with Crippen LogP contribution in [0.15, 0.2) is 23.3 Å². The van der Waals surface area contributed by atoms with E-state index in [0.717, 1.165) is 12.1 Å². The molecule has 4 heteroatoms. The van der Waals surface area contributed by atoms with Crippen LogP contribution < -0.4 is 5.73 Å². The van der Waals surface area contributed by atoms with Crippen LogP contribution in [0, 0.1) is 0 Å². The third-order valence-electron chi connectivity index (χ3n) is 1.43. The predicted octanol–water partition coefficient (Wildman–Crippen LogP) is 0.744. The van der Waals surface area contributed by atoms with Crippen molar-refractivity contribution in [2.45, 2.75) is 19.9 Å². The quantitative estimate of drug-likeness (QED) is 0.529. The van der Waals surface area contributed by atoms with Gasteiger partial charge < -0.3 is 5.73 Å². The highest BCUT2D eigenvalue weighted by molar-refractivity contribution is 5.79. The Kier molecular flexibility index (Phi) is 3.19. The van der Waals surface area contributed by atoms with E-state index in [1.807, 2.05) is 19.1 Å². The van der Waals surface area contributed by atoms with Crippen LogP contribution in [0.4, 0.5) is 0 Å². The molecule has 0 amide bonds. The van der Waals surface area contributed by atoms with E-state index < -0.39 is 0 Å². The zero-order valence-electron chi connectivity index (χ0n) is 7.07. The maximum Gasteiger partial charge on any atom is 0.0939 e. The molecule has 64 valence electrons. The summed E-state index contributed by atoms with van der Waals surface area (Å²) in [7, 11) is 0. The third-order valence-corrected chi connectivity index (χ3v) is 1.43. The largest absolute Gasteiger partial charge is 0.387 e. The lowest BCUT2D eigenvalue weighted by molar-refractivity contribution is 0.893. The van der Waals surface area contributed by atoms with E-state index in [0.29, 0.717) is 12.4 Å². The lowest BCUT2D eigenvalue weighted by Crippen LogP contribution is -2.10. The van der Waals surface area contributed by atoms with Gasteiger partial charge in [-0.05, 0) is 12.1 Å².